The minimum absolute atomic E-state index is 0.655. The van der Waals surface area contributed by atoms with E-state index in [-0.39, 0.29) is 0 Å². The van der Waals surface area contributed by atoms with Gasteiger partial charge in [0.15, 0.2) is 0 Å². The molecular weight excluding hydrogens is 160 g/mol. The molecule has 2 heteroatoms. The standard InChI is InChI=1S/C11H16N2/c1-9(10-5-6-10)13-8-11-4-2-3-7-12-11/h2-4,7,9-10,13H,5-6,8H2,1H3/t9-/m0/s1. The maximum absolute atomic E-state index is 4.27. The Morgan fingerprint density at radius 1 is 1.54 bits per heavy atom. The van der Waals surface area contributed by atoms with Gasteiger partial charge in [0.05, 0.1) is 5.69 Å². The number of hydrogen-bond donors (Lipinski definition) is 1. The van der Waals surface area contributed by atoms with Gasteiger partial charge in [-0.2, -0.15) is 0 Å². The molecule has 13 heavy (non-hydrogen) atoms. The molecule has 1 fully saturated rings. The summed E-state index contributed by atoms with van der Waals surface area (Å²) in [5, 5.41) is 3.50. The molecule has 1 aromatic rings. The van der Waals surface area contributed by atoms with E-state index in [0.29, 0.717) is 6.04 Å². The van der Waals surface area contributed by atoms with Crippen molar-refractivity contribution in [1.82, 2.24) is 10.3 Å². The van der Waals surface area contributed by atoms with Crippen molar-refractivity contribution in [3.63, 3.8) is 0 Å². The van der Waals surface area contributed by atoms with Crippen LogP contribution in [0.4, 0.5) is 0 Å². The van der Waals surface area contributed by atoms with Crippen molar-refractivity contribution in [2.45, 2.75) is 32.4 Å². The fourth-order valence-electron chi connectivity index (χ4n) is 1.53. The summed E-state index contributed by atoms with van der Waals surface area (Å²) >= 11 is 0. The molecule has 2 rings (SSSR count). The number of pyridine rings is 1. The lowest BCUT2D eigenvalue weighted by atomic mass is 10.2. The molecule has 1 aromatic heterocycles. The largest absolute Gasteiger partial charge is 0.308 e. The second kappa shape index (κ2) is 3.88. The van der Waals surface area contributed by atoms with Gasteiger partial charge in [0, 0.05) is 18.8 Å². The summed E-state index contributed by atoms with van der Waals surface area (Å²) in [7, 11) is 0. The molecule has 0 radical (unpaired) electrons. The lowest BCUT2D eigenvalue weighted by Crippen LogP contribution is -2.27. The number of hydrogen-bond acceptors (Lipinski definition) is 2. The van der Waals surface area contributed by atoms with Crippen LogP contribution in [0.2, 0.25) is 0 Å². The highest BCUT2D eigenvalue weighted by molar-refractivity contribution is 5.03. The van der Waals surface area contributed by atoms with Crippen molar-refractivity contribution in [3.8, 4) is 0 Å². The van der Waals surface area contributed by atoms with Crippen LogP contribution >= 0.6 is 0 Å². The first-order chi connectivity index (χ1) is 6.36. The van der Waals surface area contributed by atoms with Gasteiger partial charge in [-0.3, -0.25) is 4.98 Å². The first-order valence-electron chi connectivity index (χ1n) is 4.99. The number of nitrogens with zero attached hydrogens (tertiary/aromatic N) is 1. The van der Waals surface area contributed by atoms with E-state index in [1.165, 1.54) is 12.8 Å². The third-order valence-electron chi connectivity index (χ3n) is 2.66. The quantitative estimate of drug-likeness (QED) is 0.758. The molecule has 0 aliphatic heterocycles. The van der Waals surface area contributed by atoms with Crippen LogP contribution in [0.5, 0.6) is 0 Å². The average Bonchev–Trinajstić information content (AvgIpc) is 2.99. The molecule has 0 bridgehead atoms. The highest BCUT2D eigenvalue weighted by Crippen LogP contribution is 2.32. The van der Waals surface area contributed by atoms with Gasteiger partial charge in [-0.05, 0) is 37.8 Å². The highest BCUT2D eigenvalue weighted by atomic mass is 14.9. The van der Waals surface area contributed by atoms with Crippen LogP contribution < -0.4 is 5.32 Å². The zero-order valence-electron chi connectivity index (χ0n) is 8.03. The van der Waals surface area contributed by atoms with Crippen molar-refractivity contribution in [3.05, 3.63) is 30.1 Å². The summed E-state index contributed by atoms with van der Waals surface area (Å²) in [6.45, 7) is 3.17. The summed E-state index contributed by atoms with van der Waals surface area (Å²) in [5.41, 5.74) is 1.13. The number of aromatic nitrogens is 1. The second-order valence-corrected chi connectivity index (χ2v) is 3.83. The molecule has 1 N–H and O–H groups in total. The summed E-state index contributed by atoms with van der Waals surface area (Å²) in [5.74, 6) is 0.920. The molecule has 0 aromatic carbocycles. The van der Waals surface area contributed by atoms with E-state index in [9.17, 15) is 0 Å². The summed E-state index contributed by atoms with van der Waals surface area (Å²) in [4.78, 5) is 4.27. The van der Waals surface area contributed by atoms with E-state index >= 15 is 0 Å². The van der Waals surface area contributed by atoms with E-state index in [4.69, 9.17) is 0 Å². The maximum Gasteiger partial charge on any atom is 0.0541 e. The summed E-state index contributed by atoms with van der Waals surface area (Å²) in [6.07, 6.45) is 4.64. The Balaban J connectivity index is 1.78. The topological polar surface area (TPSA) is 24.9 Å². The molecule has 0 saturated heterocycles. The molecule has 2 nitrogen and oxygen atoms in total. The van der Waals surface area contributed by atoms with Crippen LogP contribution in [0.15, 0.2) is 24.4 Å². The first kappa shape index (κ1) is 8.70. The van der Waals surface area contributed by atoms with Crippen molar-refractivity contribution >= 4 is 0 Å². The van der Waals surface area contributed by atoms with E-state index in [2.05, 4.69) is 23.3 Å². The molecule has 1 heterocycles. The zero-order chi connectivity index (χ0) is 9.10. The Kier molecular flexibility index (Phi) is 2.60. The van der Waals surface area contributed by atoms with Crippen LogP contribution in [-0.4, -0.2) is 11.0 Å². The zero-order valence-corrected chi connectivity index (χ0v) is 8.03. The van der Waals surface area contributed by atoms with Crippen molar-refractivity contribution in [2.24, 2.45) is 5.92 Å². The van der Waals surface area contributed by atoms with E-state index in [0.717, 1.165) is 18.2 Å². The van der Waals surface area contributed by atoms with E-state index in [1.54, 1.807) is 0 Å². The fourth-order valence-corrected chi connectivity index (χ4v) is 1.53. The van der Waals surface area contributed by atoms with Gasteiger partial charge in [-0.15, -0.1) is 0 Å². The Morgan fingerprint density at radius 3 is 3.00 bits per heavy atom. The molecule has 0 amide bonds. The smallest absolute Gasteiger partial charge is 0.0541 e. The Labute approximate surface area is 79.4 Å². The first-order valence-corrected chi connectivity index (χ1v) is 4.99. The highest BCUT2D eigenvalue weighted by Gasteiger charge is 2.27. The molecule has 0 unspecified atom stereocenters. The SMILES string of the molecule is C[C@H](NCc1ccccn1)C1CC1. The average molecular weight is 176 g/mol. The maximum atomic E-state index is 4.27. The van der Waals surface area contributed by atoms with E-state index < -0.39 is 0 Å². The van der Waals surface area contributed by atoms with Gasteiger partial charge in [0.25, 0.3) is 0 Å². The van der Waals surface area contributed by atoms with Crippen LogP contribution in [0, 0.1) is 5.92 Å². The van der Waals surface area contributed by atoms with Gasteiger partial charge in [0.1, 0.15) is 0 Å². The van der Waals surface area contributed by atoms with Crippen molar-refractivity contribution < 1.29 is 0 Å². The van der Waals surface area contributed by atoms with Crippen molar-refractivity contribution in [1.29, 1.82) is 0 Å². The van der Waals surface area contributed by atoms with Crippen molar-refractivity contribution in [2.75, 3.05) is 0 Å². The van der Waals surface area contributed by atoms with Crippen LogP contribution in [0.3, 0.4) is 0 Å². The lowest BCUT2D eigenvalue weighted by Gasteiger charge is -2.11. The Bertz CT molecular complexity index is 254. The molecule has 70 valence electrons. The second-order valence-electron chi connectivity index (χ2n) is 3.83. The van der Waals surface area contributed by atoms with Crippen LogP contribution in [0.1, 0.15) is 25.5 Å². The fraction of sp³-hybridized carbons (Fsp3) is 0.545. The monoisotopic (exact) mass is 176 g/mol. The third-order valence-corrected chi connectivity index (χ3v) is 2.66. The predicted molar refractivity (Wildman–Crippen MR) is 53.3 cm³/mol. The van der Waals surface area contributed by atoms with Gasteiger partial charge < -0.3 is 5.32 Å². The van der Waals surface area contributed by atoms with Gasteiger partial charge in [-0.1, -0.05) is 6.07 Å². The minimum atomic E-state index is 0.655. The van der Waals surface area contributed by atoms with Gasteiger partial charge in [-0.25, -0.2) is 0 Å². The normalized spacial score (nSPS) is 18.5. The van der Waals surface area contributed by atoms with Crippen LogP contribution in [-0.2, 0) is 6.54 Å². The minimum Gasteiger partial charge on any atom is -0.308 e. The summed E-state index contributed by atoms with van der Waals surface area (Å²) < 4.78 is 0. The van der Waals surface area contributed by atoms with Crippen LogP contribution in [0.25, 0.3) is 0 Å². The molecular formula is C11H16N2. The molecule has 1 atom stereocenters. The molecule has 0 spiro atoms. The number of rotatable bonds is 4. The van der Waals surface area contributed by atoms with Gasteiger partial charge >= 0.3 is 0 Å². The Morgan fingerprint density at radius 2 is 2.38 bits per heavy atom. The van der Waals surface area contributed by atoms with E-state index in [1.807, 2.05) is 18.3 Å². The number of nitrogens with one attached hydrogen (secondary N) is 1. The predicted octanol–water partition coefficient (Wildman–Crippen LogP) is 1.97. The third kappa shape index (κ3) is 2.52. The van der Waals surface area contributed by atoms with Gasteiger partial charge in [0.2, 0.25) is 0 Å². The molecule has 1 aliphatic rings. The molecule has 1 aliphatic carbocycles. The molecule has 1 saturated carbocycles. The lowest BCUT2D eigenvalue weighted by molar-refractivity contribution is 0.492. The summed E-state index contributed by atoms with van der Waals surface area (Å²) in [6, 6.07) is 6.70. The Hall–Kier alpha value is -0.890.